The van der Waals surface area contributed by atoms with E-state index < -0.39 is 20.5 Å². The number of aromatic amines is 1. The van der Waals surface area contributed by atoms with Gasteiger partial charge in [-0.1, -0.05) is 13.0 Å². The molecule has 0 radical (unpaired) electrons. The van der Waals surface area contributed by atoms with Crippen LogP contribution < -0.4 is 10.6 Å². The molecule has 4 heterocycles. The quantitative estimate of drug-likeness (QED) is 0.283. The molecule has 1 aliphatic rings. The Morgan fingerprint density at radius 1 is 1.17 bits per heavy atom. The van der Waals surface area contributed by atoms with Crippen LogP contribution in [0.5, 0.6) is 0 Å². The Labute approximate surface area is 237 Å². The number of nitrogens with one attached hydrogen (secondary N) is 3. The van der Waals surface area contributed by atoms with Crippen molar-refractivity contribution in [1.29, 1.82) is 0 Å². The summed E-state index contributed by atoms with van der Waals surface area (Å²) in [5.74, 6) is -0.604. The van der Waals surface area contributed by atoms with Gasteiger partial charge in [-0.25, -0.2) is 32.7 Å². The second-order valence-electron chi connectivity index (χ2n) is 10.1. The first-order valence-electron chi connectivity index (χ1n) is 13.2. The van der Waals surface area contributed by atoms with Gasteiger partial charge >= 0.3 is 0 Å². The summed E-state index contributed by atoms with van der Waals surface area (Å²) in [4.78, 5) is 38.1. The number of nitrogens with zero attached hydrogens (tertiary/aromatic N) is 6. The van der Waals surface area contributed by atoms with E-state index >= 15 is 0 Å². The predicted octanol–water partition coefficient (Wildman–Crippen LogP) is 2.97. The monoisotopic (exact) mass is 581 g/mol. The number of aryl methyl sites for hydroxylation is 1. The van der Waals surface area contributed by atoms with Gasteiger partial charge in [-0.2, -0.15) is 0 Å². The van der Waals surface area contributed by atoms with Crippen molar-refractivity contribution < 1.29 is 17.6 Å². The lowest BCUT2D eigenvalue weighted by Crippen LogP contribution is -2.52. The van der Waals surface area contributed by atoms with Gasteiger partial charge in [-0.05, 0) is 38.1 Å². The highest BCUT2D eigenvalue weighted by Gasteiger charge is 2.28. The SMILES string of the molecule is CC[C@H](C(=O)Nc1ncnc2c(-c3nc(Nc4cccc(S(C)(=O)=O)c4F)ncc3C)c[nH]c12)N1CCN(C)CC1. The predicted molar refractivity (Wildman–Crippen MR) is 154 cm³/mol. The second kappa shape index (κ2) is 11.5. The highest BCUT2D eigenvalue weighted by Crippen LogP contribution is 2.32. The van der Waals surface area contributed by atoms with Gasteiger partial charge in [0.2, 0.25) is 11.9 Å². The van der Waals surface area contributed by atoms with Gasteiger partial charge in [-0.3, -0.25) is 9.69 Å². The van der Waals surface area contributed by atoms with Crippen LogP contribution in [0.15, 0.2) is 41.8 Å². The van der Waals surface area contributed by atoms with E-state index in [-0.39, 0.29) is 23.6 Å². The molecule has 4 aromatic rings. The molecule has 0 spiro atoms. The number of anilines is 3. The molecular weight excluding hydrogens is 549 g/mol. The number of carbonyl (C=O) groups excluding carboxylic acids is 1. The number of H-pyrrole nitrogens is 1. The number of carbonyl (C=O) groups is 1. The molecule has 1 atom stereocenters. The molecule has 0 saturated carbocycles. The van der Waals surface area contributed by atoms with Crippen LogP contribution in [0.25, 0.3) is 22.3 Å². The smallest absolute Gasteiger partial charge is 0.242 e. The highest BCUT2D eigenvalue weighted by atomic mass is 32.2. The van der Waals surface area contributed by atoms with Crippen molar-refractivity contribution in [2.45, 2.75) is 31.2 Å². The maximum absolute atomic E-state index is 14.9. The first kappa shape index (κ1) is 28.5. The zero-order valence-electron chi connectivity index (χ0n) is 23.3. The van der Waals surface area contributed by atoms with Gasteiger partial charge in [0.15, 0.2) is 21.5 Å². The molecular formula is C27H32FN9O3S. The van der Waals surface area contributed by atoms with E-state index in [4.69, 9.17) is 0 Å². The summed E-state index contributed by atoms with van der Waals surface area (Å²) in [5.41, 5.74) is 2.90. The van der Waals surface area contributed by atoms with Crippen LogP contribution in [0.1, 0.15) is 18.9 Å². The lowest BCUT2D eigenvalue weighted by molar-refractivity contribution is -0.122. The summed E-state index contributed by atoms with van der Waals surface area (Å²) >= 11 is 0. The van der Waals surface area contributed by atoms with Crippen molar-refractivity contribution in [2.75, 3.05) is 50.1 Å². The summed E-state index contributed by atoms with van der Waals surface area (Å²) in [6.45, 7) is 7.28. The molecule has 1 aromatic carbocycles. The first-order valence-corrected chi connectivity index (χ1v) is 15.1. The van der Waals surface area contributed by atoms with Crippen LogP contribution in [0.2, 0.25) is 0 Å². The van der Waals surface area contributed by atoms with Crippen molar-refractivity contribution in [3.63, 3.8) is 0 Å². The number of amides is 1. The van der Waals surface area contributed by atoms with E-state index in [1.54, 1.807) is 12.4 Å². The fraction of sp³-hybridized carbons (Fsp3) is 0.370. The molecule has 3 N–H and O–H groups in total. The van der Waals surface area contributed by atoms with E-state index in [0.29, 0.717) is 34.5 Å². The lowest BCUT2D eigenvalue weighted by atomic mass is 10.1. The number of sulfone groups is 1. The van der Waals surface area contributed by atoms with Gasteiger partial charge in [0.25, 0.3) is 0 Å². The Kier molecular flexibility index (Phi) is 7.98. The van der Waals surface area contributed by atoms with Crippen molar-refractivity contribution >= 4 is 44.2 Å². The molecule has 0 aliphatic carbocycles. The van der Waals surface area contributed by atoms with Crippen molar-refractivity contribution in [1.82, 2.24) is 34.7 Å². The zero-order valence-corrected chi connectivity index (χ0v) is 24.1. The molecule has 5 rings (SSSR count). The summed E-state index contributed by atoms with van der Waals surface area (Å²) in [5, 5.41) is 5.76. The summed E-state index contributed by atoms with van der Waals surface area (Å²) in [6, 6.07) is 3.78. The van der Waals surface area contributed by atoms with Crippen LogP contribution >= 0.6 is 0 Å². The number of fused-ring (bicyclic) bond motifs is 1. The molecule has 1 saturated heterocycles. The standard InChI is InChI=1S/C27H32FN9O3S/c1-5-19(37-11-9-36(3)10-12-37)26(38)35-25-24-23(31-15-32-25)17(14-29-24)22-16(2)13-30-27(34-22)33-18-7-6-8-20(21(18)28)41(4,39)40/h6-8,13-15,19,29H,5,9-12H2,1-4H3,(H,30,33,34)(H,31,32,35,38)/t19-/m1/s1. The van der Waals surface area contributed by atoms with Crippen LogP contribution in [0.4, 0.5) is 21.8 Å². The van der Waals surface area contributed by atoms with E-state index in [2.05, 4.69) is 52.4 Å². The van der Waals surface area contributed by atoms with E-state index in [9.17, 15) is 17.6 Å². The molecule has 1 fully saturated rings. The minimum atomic E-state index is -3.76. The van der Waals surface area contributed by atoms with Crippen LogP contribution in [0, 0.1) is 12.7 Å². The Bertz CT molecular complexity index is 1700. The van der Waals surface area contributed by atoms with Gasteiger partial charge in [0.05, 0.1) is 17.4 Å². The third kappa shape index (κ3) is 5.89. The fourth-order valence-corrected chi connectivity index (χ4v) is 5.71. The van der Waals surface area contributed by atoms with Gasteiger partial charge in [-0.15, -0.1) is 0 Å². The van der Waals surface area contributed by atoms with Gasteiger partial charge < -0.3 is 20.5 Å². The first-order chi connectivity index (χ1) is 19.6. The largest absolute Gasteiger partial charge is 0.356 e. The number of piperazine rings is 1. The molecule has 3 aromatic heterocycles. The van der Waals surface area contributed by atoms with E-state index in [1.165, 1.54) is 24.5 Å². The minimum Gasteiger partial charge on any atom is -0.356 e. The number of hydrogen-bond donors (Lipinski definition) is 3. The number of benzene rings is 1. The number of aromatic nitrogens is 5. The number of likely N-dealkylation sites (N-methyl/N-ethyl adjacent to an activating group) is 1. The molecule has 14 heteroatoms. The molecule has 0 unspecified atom stereocenters. The molecule has 0 bridgehead atoms. The van der Waals surface area contributed by atoms with E-state index in [0.717, 1.165) is 38.0 Å². The summed E-state index contributed by atoms with van der Waals surface area (Å²) in [6.07, 6.45) is 6.29. The average molecular weight is 582 g/mol. The van der Waals surface area contributed by atoms with Crippen molar-refractivity contribution in [3.8, 4) is 11.3 Å². The minimum absolute atomic E-state index is 0.0696. The van der Waals surface area contributed by atoms with Crippen LogP contribution in [0.3, 0.4) is 0 Å². The van der Waals surface area contributed by atoms with Crippen LogP contribution in [-0.4, -0.2) is 94.6 Å². The topological polar surface area (TPSA) is 149 Å². The Morgan fingerprint density at radius 2 is 1.93 bits per heavy atom. The third-order valence-electron chi connectivity index (χ3n) is 7.21. The maximum atomic E-state index is 14.9. The Balaban J connectivity index is 1.43. The molecule has 1 amide bonds. The number of hydrogen-bond acceptors (Lipinski definition) is 10. The van der Waals surface area contributed by atoms with Gasteiger partial charge in [0.1, 0.15) is 22.3 Å². The van der Waals surface area contributed by atoms with Crippen molar-refractivity contribution in [3.05, 3.63) is 48.3 Å². The average Bonchev–Trinajstić information content (AvgIpc) is 3.37. The lowest BCUT2D eigenvalue weighted by Gasteiger charge is -2.36. The second-order valence-corrected chi connectivity index (χ2v) is 12.1. The zero-order chi connectivity index (χ0) is 29.3. The number of halogens is 1. The molecule has 216 valence electrons. The fourth-order valence-electron chi connectivity index (χ4n) is 4.95. The van der Waals surface area contributed by atoms with E-state index in [1.807, 2.05) is 13.8 Å². The Hall–Kier alpha value is -4.01. The normalized spacial score (nSPS) is 15.6. The molecule has 1 aliphatic heterocycles. The number of rotatable bonds is 8. The summed E-state index contributed by atoms with van der Waals surface area (Å²) < 4.78 is 38.8. The summed E-state index contributed by atoms with van der Waals surface area (Å²) in [7, 11) is -1.69. The molecule has 41 heavy (non-hydrogen) atoms. The van der Waals surface area contributed by atoms with Crippen molar-refractivity contribution in [2.24, 2.45) is 0 Å². The van der Waals surface area contributed by atoms with Crippen LogP contribution in [-0.2, 0) is 14.6 Å². The molecule has 12 nitrogen and oxygen atoms in total. The Morgan fingerprint density at radius 3 is 2.63 bits per heavy atom. The van der Waals surface area contributed by atoms with Gasteiger partial charge in [0, 0.05) is 50.4 Å². The third-order valence-corrected chi connectivity index (χ3v) is 8.32. The maximum Gasteiger partial charge on any atom is 0.242 e. The highest BCUT2D eigenvalue weighted by molar-refractivity contribution is 7.90.